The highest BCUT2D eigenvalue weighted by molar-refractivity contribution is 5.61. The van der Waals surface area contributed by atoms with E-state index in [1.54, 1.807) is 7.11 Å². The lowest BCUT2D eigenvalue weighted by molar-refractivity contribution is 0.294. The minimum Gasteiger partial charge on any atom is -0.493 e. The van der Waals surface area contributed by atoms with Crippen LogP contribution in [0.5, 0.6) is 11.5 Å². The molecule has 1 aliphatic rings. The molecule has 0 N–H and O–H groups in total. The summed E-state index contributed by atoms with van der Waals surface area (Å²) in [5, 5.41) is 8.65. The summed E-state index contributed by atoms with van der Waals surface area (Å²) in [6, 6.07) is 5.96. The van der Waals surface area contributed by atoms with E-state index in [9.17, 15) is 0 Å². The van der Waals surface area contributed by atoms with Crippen LogP contribution in [0.25, 0.3) is 11.4 Å². The Kier molecular flexibility index (Phi) is 4.08. The second-order valence-corrected chi connectivity index (χ2v) is 5.26. The molecule has 2 heterocycles. The molecule has 0 unspecified atom stereocenters. The summed E-state index contributed by atoms with van der Waals surface area (Å²) in [5.41, 5.74) is 1.02. The molecule has 0 spiro atoms. The van der Waals surface area contributed by atoms with Crippen molar-refractivity contribution in [2.75, 3.05) is 13.7 Å². The SMILES string of the molecule is CCCOc1ccc(-c2nnc3n2CCCC3)cc1OC. The van der Waals surface area contributed by atoms with Gasteiger partial charge in [-0.1, -0.05) is 6.92 Å². The van der Waals surface area contributed by atoms with Gasteiger partial charge in [-0.15, -0.1) is 10.2 Å². The van der Waals surface area contributed by atoms with Gasteiger partial charge in [-0.3, -0.25) is 0 Å². The zero-order valence-corrected chi connectivity index (χ0v) is 12.6. The lowest BCUT2D eigenvalue weighted by Crippen LogP contribution is -2.11. The molecule has 2 aromatic rings. The number of fused-ring (bicyclic) bond motifs is 1. The average molecular weight is 287 g/mol. The van der Waals surface area contributed by atoms with Crippen LogP contribution in [0, 0.1) is 0 Å². The number of benzene rings is 1. The van der Waals surface area contributed by atoms with Gasteiger partial charge in [0.25, 0.3) is 0 Å². The molecule has 0 amide bonds. The number of aromatic nitrogens is 3. The maximum Gasteiger partial charge on any atom is 0.164 e. The van der Waals surface area contributed by atoms with Gasteiger partial charge in [-0.25, -0.2) is 0 Å². The van der Waals surface area contributed by atoms with E-state index in [-0.39, 0.29) is 0 Å². The summed E-state index contributed by atoms with van der Waals surface area (Å²) in [6.45, 7) is 3.77. The van der Waals surface area contributed by atoms with Gasteiger partial charge in [0.15, 0.2) is 17.3 Å². The number of methoxy groups -OCH3 is 1. The summed E-state index contributed by atoms with van der Waals surface area (Å²) >= 11 is 0. The first kappa shape index (κ1) is 13.9. The zero-order valence-electron chi connectivity index (χ0n) is 12.6. The molecule has 5 heteroatoms. The summed E-state index contributed by atoms with van der Waals surface area (Å²) in [4.78, 5) is 0. The quantitative estimate of drug-likeness (QED) is 0.848. The van der Waals surface area contributed by atoms with Crippen LogP contribution in [-0.4, -0.2) is 28.5 Å². The molecule has 21 heavy (non-hydrogen) atoms. The fraction of sp³-hybridized carbons (Fsp3) is 0.500. The molecule has 3 rings (SSSR count). The van der Waals surface area contributed by atoms with E-state index < -0.39 is 0 Å². The van der Waals surface area contributed by atoms with Gasteiger partial charge in [-0.05, 0) is 37.5 Å². The van der Waals surface area contributed by atoms with Crippen molar-refractivity contribution in [2.45, 2.75) is 39.2 Å². The molecular formula is C16H21N3O2. The highest BCUT2D eigenvalue weighted by Gasteiger charge is 2.18. The molecule has 5 nitrogen and oxygen atoms in total. The maximum absolute atomic E-state index is 5.69. The summed E-state index contributed by atoms with van der Waals surface area (Å²) in [5.74, 6) is 3.53. The normalized spacial score (nSPS) is 13.8. The zero-order chi connectivity index (χ0) is 14.7. The van der Waals surface area contributed by atoms with Gasteiger partial charge < -0.3 is 14.0 Å². The highest BCUT2D eigenvalue weighted by Crippen LogP contribution is 2.33. The predicted molar refractivity (Wildman–Crippen MR) is 80.7 cm³/mol. The summed E-state index contributed by atoms with van der Waals surface area (Å²) in [7, 11) is 1.66. The predicted octanol–water partition coefficient (Wildman–Crippen LogP) is 3.08. The second-order valence-electron chi connectivity index (χ2n) is 5.26. The van der Waals surface area contributed by atoms with Crippen molar-refractivity contribution in [3.05, 3.63) is 24.0 Å². The molecule has 1 aromatic heterocycles. The highest BCUT2D eigenvalue weighted by atomic mass is 16.5. The Labute approximate surface area is 124 Å². The Morgan fingerprint density at radius 1 is 1.19 bits per heavy atom. The number of aryl methyl sites for hydroxylation is 1. The van der Waals surface area contributed by atoms with Crippen LogP contribution in [0.3, 0.4) is 0 Å². The Balaban J connectivity index is 1.94. The van der Waals surface area contributed by atoms with Gasteiger partial charge in [0.2, 0.25) is 0 Å². The molecule has 0 atom stereocenters. The Hall–Kier alpha value is -2.04. The first-order valence-corrected chi connectivity index (χ1v) is 7.56. The molecule has 1 aliphatic heterocycles. The molecule has 0 saturated carbocycles. The van der Waals surface area contributed by atoms with Gasteiger partial charge >= 0.3 is 0 Å². The van der Waals surface area contributed by atoms with Crippen molar-refractivity contribution in [3.63, 3.8) is 0 Å². The molecule has 0 aliphatic carbocycles. The number of ether oxygens (including phenoxy) is 2. The Bertz CT molecular complexity index is 622. The number of hydrogen-bond acceptors (Lipinski definition) is 4. The van der Waals surface area contributed by atoms with Crippen LogP contribution in [0.4, 0.5) is 0 Å². The Morgan fingerprint density at radius 3 is 2.90 bits per heavy atom. The van der Waals surface area contributed by atoms with Crippen LogP contribution >= 0.6 is 0 Å². The number of hydrogen-bond donors (Lipinski definition) is 0. The maximum atomic E-state index is 5.69. The molecule has 0 radical (unpaired) electrons. The lowest BCUT2D eigenvalue weighted by Gasteiger charge is -2.15. The largest absolute Gasteiger partial charge is 0.493 e. The van der Waals surface area contributed by atoms with Crippen LogP contribution < -0.4 is 9.47 Å². The molecule has 0 bridgehead atoms. The fourth-order valence-electron chi connectivity index (χ4n) is 2.66. The third-order valence-electron chi connectivity index (χ3n) is 3.74. The second kappa shape index (κ2) is 6.16. The lowest BCUT2D eigenvalue weighted by atomic mass is 10.1. The van der Waals surface area contributed by atoms with E-state index >= 15 is 0 Å². The van der Waals surface area contributed by atoms with E-state index in [4.69, 9.17) is 9.47 Å². The van der Waals surface area contributed by atoms with Gasteiger partial charge in [0.1, 0.15) is 5.82 Å². The summed E-state index contributed by atoms with van der Waals surface area (Å²) in [6.07, 6.45) is 4.38. The van der Waals surface area contributed by atoms with Crippen molar-refractivity contribution >= 4 is 0 Å². The van der Waals surface area contributed by atoms with Gasteiger partial charge in [0.05, 0.1) is 13.7 Å². The van der Waals surface area contributed by atoms with Crippen LogP contribution in [-0.2, 0) is 13.0 Å². The van der Waals surface area contributed by atoms with E-state index in [0.717, 1.165) is 48.1 Å². The first-order chi connectivity index (χ1) is 10.3. The topological polar surface area (TPSA) is 49.2 Å². The van der Waals surface area contributed by atoms with E-state index in [1.807, 2.05) is 18.2 Å². The van der Waals surface area contributed by atoms with Gasteiger partial charge in [0, 0.05) is 18.5 Å². The van der Waals surface area contributed by atoms with Crippen molar-refractivity contribution in [1.29, 1.82) is 0 Å². The molecule has 0 saturated heterocycles. The number of rotatable bonds is 5. The minimum absolute atomic E-state index is 0.691. The summed E-state index contributed by atoms with van der Waals surface area (Å²) < 4.78 is 13.4. The first-order valence-electron chi connectivity index (χ1n) is 7.56. The van der Waals surface area contributed by atoms with E-state index in [1.165, 1.54) is 12.8 Å². The minimum atomic E-state index is 0.691. The monoisotopic (exact) mass is 287 g/mol. The van der Waals surface area contributed by atoms with Crippen molar-refractivity contribution in [3.8, 4) is 22.9 Å². The third kappa shape index (κ3) is 2.73. The third-order valence-corrected chi connectivity index (χ3v) is 3.74. The van der Waals surface area contributed by atoms with Gasteiger partial charge in [-0.2, -0.15) is 0 Å². The van der Waals surface area contributed by atoms with Crippen LogP contribution in [0.2, 0.25) is 0 Å². The molecule has 0 fully saturated rings. The average Bonchev–Trinajstić information content (AvgIpc) is 2.97. The Morgan fingerprint density at radius 2 is 2.10 bits per heavy atom. The fourth-order valence-corrected chi connectivity index (χ4v) is 2.66. The van der Waals surface area contributed by atoms with E-state index in [2.05, 4.69) is 21.7 Å². The molecular weight excluding hydrogens is 266 g/mol. The molecule has 112 valence electrons. The van der Waals surface area contributed by atoms with Crippen molar-refractivity contribution in [1.82, 2.24) is 14.8 Å². The van der Waals surface area contributed by atoms with Crippen molar-refractivity contribution in [2.24, 2.45) is 0 Å². The van der Waals surface area contributed by atoms with Crippen LogP contribution in [0.15, 0.2) is 18.2 Å². The number of nitrogens with zero attached hydrogens (tertiary/aromatic N) is 3. The van der Waals surface area contributed by atoms with E-state index in [0.29, 0.717) is 6.61 Å². The van der Waals surface area contributed by atoms with Crippen LogP contribution in [0.1, 0.15) is 32.0 Å². The smallest absolute Gasteiger partial charge is 0.164 e. The standard InChI is InChI=1S/C16H21N3O2/c1-3-10-21-13-8-7-12(11-14(13)20-2)16-18-17-15-6-4-5-9-19(15)16/h7-8,11H,3-6,9-10H2,1-2H3. The van der Waals surface area contributed by atoms with Crippen molar-refractivity contribution < 1.29 is 9.47 Å². The molecule has 1 aromatic carbocycles.